The van der Waals surface area contributed by atoms with Crippen LogP contribution in [0.4, 0.5) is 0 Å². The highest BCUT2D eigenvalue weighted by Crippen LogP contribution is 2.15. The van der Waals surface area contributed by atoms with Crippen molar-refractivity contribution in [3.63, 3.8) is 0 Å². The van der Waals surface area contributed by atoms with E-state index in [-0.39, 0.29) is 31.1 Å². The molecule has 6 nitrogen and oxygen atoms in total. The van der Waals surface area contributed by atoms with Gasteiger partial charge in [0, 0.05) is 19.3 Å². The highest BCUT2D eigenvalue weighted by molar-refractivity contribution is 5.71. The maximum atomic E-state index is 12.8. The fourth-order valence-corrected chi connectivity index (χ4v) is 7.67. The smallest absolute Gasteiger partial charge is 0.306 e. The summed E-state index contributed by atoms with van der Waals surface area (Å²) in [4.78, 5) is 38.0. The van der Waals surface area contributed by atoms with Crippen molar-refractivity contribution in [2.45, 2.75) is 277 Å². The van der Waals surface area contributed by atoms with Crippen LogP contribution in [0.3, 0.4) is 0 Å². The second-order valence-electron chi connectivity index (χ2n) is 18.2. The number of esters is 3. The Kier molecular flexibility index (Phi) is 50.4. The highest BCUT2D eigenvalue weighted by Gasteiger charge is 2.19. The molecule has 0 saturated heterocycles. The van der Waals surface area contributed by atoms with Crippen molar-refractivity contribution in [2.75, 3.05) is 13.2 Å². The predicted octanol–water partition coefficient (Wildman–Crippen LogP) is 18.0. The average Bonchev–Trinajstić information content (AvgIpc) is 3.29. The molecule has 1 atom stereocenters. The lowest BCUT2D eigenvalue weighted by atomic mass is 10.1. The summed E-state index contributed by atoms with van der Waals surface area (Å²) in [5.41, 5.74) is 0. The third kappa shape index (κ3) is 50.1. The minimum atomic E-state index is -0.783. The number of ether oxygens (including phenoxy) is 3. The topological polar surface area (TPSA) is 78.9 Å². The number of hydrogen-bond donors (Lipinski definition) is 0. The van der Waals surface area contributed by atoms with Crippen LogP contribution in [-0.2, 0) is 28.6 Å². The van der Waals surface area contributed by atoms with Crippen LogP contribution in [0.2, 0.25) is 0 Å². The molecule has 0 rings (SSSR count). The summed E-state index contributed by atoms with van der Waals surface area (Å²) >= 11 is 0. The fraction of sp³-hybridized carbons (Fsp3) is 0.776. The van der Waals surface area contributed by atoms with Gasteiger partial charge < -0.3 is 14.2 Å². The Morgan fingerprint density at radius 1 is 0.312 bits per heavy atom. The van der Waals surface area contributed by atoms with Crippen LogP contribution >= 0.6 is 0 Å². The standard InChI is InChI=1S/C58H102O6/c1-4-7-10-13-16-19-21-23-25-27-29-31-32-34-36-39-42-45-48-51-57(60)63-54-55(53-62-56(59)50-47-44-41-38-18-15-12-9-6-3)64-58(61)52-49-46-43-40-37-35-33-30-28-26-24-22-20-17-14-11-8-5-2/h16,19,21-24,26,28,30,33,55H,4-15,17-18,20,25,27,29,31-32,34-54H2,1-3H3/b19-16-,23-21-,24-22-,28-26-,33-30-. The molecule has 64 heavy (non-hydrogen) atoms. The van der Waals surface area contributed by atoms with Gasteiger partial charge in [-0.15, -0.1) is 0 Å². The second-order valence-corrected chi connectivity index (χ2v) is 18.2. The molecule has 0 aliphatic rings. The molecule has 0 radical (unpaired) electrons. The van der Waals surface area contributed by atoms with E-state index < -0.39 is 6.10 Å². The summed E-state index contributed by atoms with van der Waals surface area (Å²) in [7, 11) is 0. The minimum absolute atomic E-state index is 0.0820. The molecule has 0 aliphatic carbocycles. The first kappa shape index (κ1) is 61.1. The molecular formula is C58H102O6. The van der Waals surface area contributed by atoms with E-state index >= 15 is 0 Å². The van der Waals surface area contributed by atoms with Crippen LogP contribution in [0.1, 0.15) is 271 Å². The Bertz CT molecular complexity index is 1170. The second kappa shape index (κ2) is 52.7. The van der Waals surface area contributed by atoms with Crippen molar-refractivity contribution in [1.29, 1.82) is 0 Å². The molecule has 6 heteroatoms. The van der Waals surface area contributed by atoms with Crippen LogP contribution in [0.25, 0.3) is 0 Å². The summed E-state index contributed by atoms with van der Waals surface area (Å²) in [6.45, 7) is 6.57. The van der Waals surface area contributed by atoms with Gasteiger partial charge in [-0.25, -0.2) is 0 Å². The molecule has 0 amide bonds. The van der Waals surface area contributed by atoms with Crippen molar-refractivity contribution in [3.05, 3.63) is 60.8 Å². The Morgan fingerprint density at radius 3 is 0.906 bits per heavy atom. The van der Waals surface area contributed by atoms with E-state index in [9.17, 15) is 14.4 Å². The van der Waals surface area contributed by atoms with Gasteiger partial charge in [0.2, 0.25) is 0 Å². The maximum Gasteiger partial charge on any atom is 0.306 e. The predicted molar refractivity (Wildman–Crippen MR) is 275 cm³/mol. The molecule has 0 fully saturated rings. The number of carbonyl (C=O) groups excluding carboxylic acids is 3. The van der Waals surface area contributed by atoms with Crippen LogP contribution < -0.4 is 0 Å². The highest BCUT2D eigenvalue weighted by atomic mass is 16.6. The zero-order valence-electron chi connectivity index (χ0n) is 42.3. The lowest BCUT2D eigenvalue weighted by molar-refractivity contribution is -0.167. The Hall–Kier alpha value is -2.89. The molecule has 0 aromatic rings. The lowest BCUT2D eigenvalue weighted by Gasteiger charge is -2.18. The molecule has 0 heterocycles. The summed E-state index contributed by atoms with van der Waals surface area (Å²) in [6.07, 6.45) is 64.9. The van der Waals surface area contributed by atoms with Gasteiger partial charge in [-0.05, 0) is 70.6 Å². The third-order valence-electron chi connectivity index (χ3n) is 11.8. The van der Waals surface area contributed by atoms with E-state index in [1.807, 2.05) is 0 Å². The molecule has 0 aromatic carbocycles. The average molecular weight is 895 g/mol. The minimum Gasteiger partial charge on any atom is -0.462 e. The van der Waals surface area contributed by atoms with E-state index in [1.54, 1.807) is 0 Å². The van der Waals surface area contributed by atoms with Gasteiger partial charge in [-0.2, -0.15) is 0 Å². The number of allylic oxidation sites excluding steroid dienone is 10. The molecular weight excluding hydrogens is 793 g/mol. The van der Waals surface area contributed by atoms with Crippen molar-refractivity contribution in [2.24, 2.45) is 0 Å². The molecule has 0 saturated carbocycles. The monoisotopic (exact) mass is 895 g/mol. The Labute approximate surface area is 396 Å². The first-order valence-corrected chi connectivity index (χ1v) is 27.3. The maximum absolute atomic E-state index is 12.8. The van der Waals surface area contributed by atoms with Crippen molar-refractivity contribution in [1.82, 2.24) is 0 Å². The van der Waals surface area contributed by atoms with Gasteiger partial charge in [-0.1, -0.05) is 242 Å². The van der Waals surface area contributed by atoms with Gasteiger partial charge in [0.1, 0.15) is 13.2 Å². The van der Waals surface area contributed by atoms with Crippen molar-refractivity contribution >= 4 is 17.9 Å². The largest absolute Gasteiger partial charge is 0.462 e. The van der Waals surface area contributed by atoms with Gasteiger partial charge >= 0.3 is 17.9 Å². The third-order valence-corrected chi connectivity index (χ3v) is 11.8. The number of rotatable bonds is 49. The van der Waals surface area contributed by atoms with Crippen LogP contribution in [0, 0.1) is 0 Å². The van der Waals surface area contributed by atoms with Crippen molar-refractivity contribution < 1.29 is 28.6 Å². The van der Waals surface area contributed by atoms with Gasteiger partial charge in [0.25, 0.3) is 0 Å². The van der Waals surface area contributed by atoms with Crippen LogP contribution in [0.15, 0.2) is 60.8 Å². The molecule has 0 aliphatic heterocycles. The zero-order chi connectivity index (χ0) is 46.5. The van der Waals surface area contributed by atoms with Gasteiger partial charge in [0.05, 0.1) is 0 Å². The molecule has 0 aromatic heterocycles. The lowest BCUT2D eigenvalue weighted by Crippen LogP contribution is -2.30. The summed E-state index contributed by atoms with van der Waals surface area (Å²) in [5.74, 6) is -0.901. The van der Waals surface area contributed by atoms with E-state index in [0.29, 0.717) is 19.3 Å². The quantitative estimate of drug-likeness (QED) is 0.0262. The van der Waals surface area contributed by atoms with Gasteiger partial charge in [0.15, 0.2) is 6.10 Å². The van der Waals surface area contributed by atoms with E-state index in [4.69, 9.17) is 14.2 Å². The number of hydrogen-bond acceptors (Lipinski definition) is 6. The SMILES string of the molecule is CCCCC/C=C\C=C/CCCCCCCCCCCCC(=O)OCC(COC(=O)CCCCCCCCCCC)OC(=O)CCCCCCC\C=C/C=C\C=C/CCCCCCC. The number of unbranched alkanes of at least 4 members (excludes halogenated alkanes) is 31. The molecule has 0 N–H and O–H groups in total. The zero-order valence-corrected chi connectivity index (χ0v) is 42.3. The molecule has 1 unspecified atom stereocenters. The Morgan fingerprint density at radius 2 is 0.562 bits per heavy atom. The summed E-state index contributed by atoms with van der Waals surface area (Å²) in [6, 6.07) is 0. The van der Waals surface area contributed by atoms with E-state index in [2.05, 4.69) is 81.5 Å². The van der Waals surface area contributed by atoms with Crippen LogP contribution in [-0.4, -0.2) is 37.2 Å². The van der Waals surface area contributed by atoms with E-state index in [0.717, 1.165) is 77.0 Å². The fourth-order valence-electron chi connectivity index (χ4n) is 7.67. The first-order chi connectivity index (χ1) is 31.5. The Balaban J connectivity index is 4.34. The van der Waals surface area contributed by atoms with Gasteiger partial charge in [-0.3, -0.25) is 14.4 Å². The van der Waals surface area contributed by atoms with E-state index in [1.165, 1.54) is 154 Å². The normalized spacial score (nSPS) is 12.5. The first-order valence-electron chi connectivity index (χ1n) is 27.3. The van der Waals surface area contributed by atoms with Crippen LogP contribution in [0.5, 0.6) is 0 Å². The number of carbonyl (C=O) groups is 3. The summed E-state index contributed by atoms with van der Waals surface area (Å²) in [5, 5.41) is 0. The molecule has 0 spiro atoms. The van der Waals surface area contributed by atoms with Crippen molar-refractivity contribution in [3.8, 4) is 0 Å². The summed E-state index contributed by atoms with van der Waals surface area (Å²) < 4.78 is 16.8. The molecule has 0 bridgehead atoms. The molecule has 370 valence electrons.